The van der Waals surface area contributed by atoms with Crippen LogP contribution >= 0.6 is 0 Å². The van der Waals surface area contributed by atoms with Crippen molar-refractivity contribution in [1.82, 2.24) is 13.9 Å². The van der Waals surface area contributed by atoms with Crippen LogP contribution in [0.2, 0.25) is 0 Å². The SMILES string of the molecule is CCCc1cc(=O)oc2cc(OCc3nc4cc(S(=O)(=O)N(C)C)ccc4n3CCC)ccc12. The molecular formula is C25H29N3O5S. The number of nitrogens with zero attached hydrogens (tertiary/aromatic N) is 3. The fourth-order valence-corrected chi connectivity index (χ4v) is 4.96. The Morgan fingerprint density at radius 1 is 1.06 bits per heavy atom. The van der Waals surface area contributed by atoms with E-state index >= 15 is 0 Å². The molecule has 0 saturated heterocycles. The van der Waals surface area contributed by atoms with Crippen molar-refractivity contribution in [3.63, 3.8) is 0 Å². The van der Waals surface area contributed by atoms with Crippen molar-refractivity contribution in [2.45, 2.75) is 51.2 Å². The minimum Gasteiger partial charge on any atom is -0.486 e. The minimum absolute atomic E-state index is 0.189. The van der Waals surface area contributed by atoms with Crippen molar-refractivity contribution in [2.24, 2.45) is 0 Å². The van der Waals surface area contributed by atoms with Gasteiger partial charge in [0.15, 0.2) is 0 Å². The van der Waals surface area contributed by atoms with Gasteiger partial charge in [0, 0.05) is 38.2 Å². The molecular weight excluding hydrogens is 454 g/mol. The second kappa shape index (κ2) is 9.60. The molecule has 0 aliphatic heterocycles. The summed E-state index contributed by atoms with van der Waals surface area (Å²) in [5, 5.41) is 0.904. The van der Waals surface area contributed by atoms with E-state index in [-0.39, 0.29) is 17.1 Å². The van der Waals surface area contributed by atoms with Crippen molar-refractivity contribution in [3.8, 4) is 5.75 Å². The summed E-state index contributed by atoms with van der Waals surface area (Å²) in [6.45, 7) is 5.05. The van der Waals surface area contributed by atoms with Crippen LogP contribution < -0.4 is 10.4 Å². The highest BCUT2D eigenvalue weighted by Gasteiger charge is 2.20. The summed E-state index contributed by atoms with van der Waals surface area (Å²) in [5.41, 5.74) is 2.54. The summed E-state index contributed by atoms with van der Waals surface area (Å²) in [6, 6.07) is 12.0. The number of sulfonamides is 1. The lowest BCUT2D eigenvalue weighted by molar-refractivity contribution is 0.290. The third-order valence-corrected chi connectivity index (χ3v) is 7.52. The predicted molar refractivity (Wildman–Crippen MR) is 132 cm³/mol. The fourth-order valence-electron chi connectivity index (χ4n) is 4.04. The zero-order valence-corrected chi connectivity index (χ0v) is 20.7. The monoisotopic (exact) mass is 483 g/mol. The molecule has 0 unspecified atom stereocenters. The maximum absolute atomic E-state index is 12.5. The molecule has 8 nitrogen and oxygen atoms in total. The maximum Gasteiger partial charge on any atom is 0.336 e. The van der Waals surface area contributed by atoms with Gasteiger partial charge in [0.05, 0.1) is 15.9 Å². The molecule has 4 rings (SSSR count). The molecule has 2 heterocycles. The molecule has 0 aliphatic carbocycles. The van der Waals surface area contributed by atoms with Gasteiger partial charge in [0.1, 0.15) is 23.8 Å². The molecule has 0 N–H and O–H groups in total. The second-order valence-corrected chi connectivity index (χ2v) is 10.6. The fraction of sp³-hybridized carbons (Fsp3) is 0.360. The molecule has 0 saturated carbocycles. The van der Waals surface area contributed by atoms with E-state index in [1.54, 1.807) is 30.3 Å². The Labute approximate surface area is 198 Å². The minimum atomic E-state index is -3.55. The first kappa shape index (κ1) is 24.0. The average Bonchev–Trinajstić information content (AvgIpc) is 3.14. The van der Waals surface area contributed by atoms with Crippen molar-refractivity contribution >= 4 is 32.0 Å². The van der Waals surface area contributed by atoms with E-state index in [0.717, 1.165) is 42.3 Å². The van der Waals surface area contributed by atoms with Crippen LogP contribution in [0.5, 0.6) is 5.75 Å². The normalized spacial score (nSPS) is 12.1. The van der Waals surface area contributed by atoms with Gasteiger partial charge < -0.3 is 13.7 Å². The van der Waals surface area contributed by atoms with Gasteiger partial charge in [0.2, 0.25) is 10.0 Å². The summed E-state index contributed by atoms with van der Waals surface area (Å²) in [4.78, 5) is 16.8. The number of ether oxygens (including phenoxy) is 1. The molecule has 0 fully saturated rings. The van der Waals surface area contributed by atoms with Crippen molar-refractivity contribution in [2.75, 3.05) is 14.1 Å². The van der Waals surface area contributed by atoms with Gasteiger partial charge in [-0.2, -0.15) is 0 Å². The lowest BCUT2D eigenvalue weighted by Gasteiger charge is -2.12. The maximum atomic E-state index is 12.5. The van der Waals surface area contributed by atoms with E-state index in [9.17, 15) is 13.2 Å². The van der Waals surface area contributed by atoms with Crippen LogP contribution in [0.4, 0.5) is 0 Å². The lowest BCUT2D eigenvalue weighted by Crippen LogP contribution is -2.22. The molecule has 0 radical (unpaired) electrons. The second-order valence-electron chi connectivity index (χ2n) is 8.40. The molecule has 4 aromatic rings. The highest BCUT2D eigenvalue weighted by molar-refractivity contribution is 7.89. The summed E-state index contributed by atoms with van der Waals surface area (Å²) >= 11 is 0. The quantitative estimate of drug-likeness (QED) is 0.329. The largest absolute Gasteiger partial charge is 0.486 e. The van der Waals surface area contributed by atoms with E-state index in [2.05, 4.69) is 18.8 Å². The Balaban J connectivity index is 1.66. The predicted octanol–water partition coefficient (Wildman–Crippen LogP) is 4.33. The first-order valence-electron chi connectivity index (χ1n) is 11.4. The number of aromatic nitrogens is 2. The highest BCUT2D eigenvalue weighted by Crippen LogP contribution is 2.26. The zero-order valence-electron chi connectivity index (χ0n) is 19.9. The van der Waals surface area contributed by atoms with Crippen molar-refractivity contribution < 1.29 is 17.6 Å². The van der Waals surface area contributed by atoms with E-state index in [4.69, 9.17) is 9.15 Å². The lowest BCUT2D eigenvalue weighted by atomic mass is 10.1. The summed E-state index contributed by atoms with van der Waals surface area (Å²) in [6.07, 6.45) is 2.62. The molecule has 9 heteroatoms. The average molecular weight is 484 g/mol. The van der Waals surface area contributed by atoms with Gasteiger partial charge >= 0.3 is 5.63 Å². The van der Waals surface area contributed by atoms with Crippen LogP contribution in [0.25, 0.3) is 22.0 Å². The number of benzene rings is 2. The Kier molecular flexibility index (Phi) is 6.77. The standard InChI is InChI=1S/C25H29N3O5S/c1-5-7-17-13-25(29)33-23-14-18(8-10-20(17)23)32-16-24-26-21-15-19(34(30,31)27(3)4)9-11-22(21)28(24)12-6-2/h8-11,13-15H,5-7,12,16H2,1-4H3. The Morgan fingerprint density at radius 2 is 1.85 bits per heavy atom. The summed E-state index contributed by atoms with van der Waals surface area (Å²) < 4.78 is 39.7. The number of imidazole rings is 1. The van der Waals surface area contributed by atoms with Gasteiger partial charge in [0.25, 0.3) is 0 Å². The van der Waals surface area contributed by atoms with Crippen LogP contribution in [0.1, 0.15) is 38.1 Å². The molecule has 0 spiro atoms. The first-order chi connectivity index (χ1) is 16.2. The molecule has 2 aromatic carbocycles. The topological polar surface area (TPSA) is 94.6 Å². The third-order valence-electron chi connectivity index (χ3n) is 5.71. The Morgan fingerprint density at radius 3 is 2.56 bits per heavy atom. The molecule has 180 valence electrons. The number of hydrogen-bond acceptors (Lipinski definition) is 6. The number of fused-ring (bicyclic) bond motifs is 2. The molecule has 0 amide bonds. The van der Waals surface area contributed by atoms with Crippen molar-refractivity contribution in [1.29, 1.82) is 0 Å². The van der Waals surface area contributed by atoms with Gasteiger partial charge in [-0.15, -0.1) is 0 Å². The molecule has 0 bridgehead atoms. The first-order valence-corrected chi connectivity index (χ1v) is 12.8. The Bertz CT molecular complexity index is 1500. The summed E-state index contributed by atoms with van der Waals surface area (Å²) in [5.74, 6) is 1.26. The van der Waals surface area contributed by atoms with Gasteiger partial charge in [-0.25, -0.2) is 22.5 Å². The zero-order chi connectivity index (χ0) is 24.5. The van der Waals surface area contributed by atoms with Crippen LogP contribution in [0.3, 0.4) is 0 Å². The molecule has 2 aromatic heterocycles. The molecule has 0 atom stereocenters. The Hall–Kier alpha value is -3.17. The number of aryl methyl sites for hydroxylation is 2. The summed E-state index contributed by atoms with van der Waals surface area (Å²) in [7, 11) is -0.544. The smallest absolute Gasteiger partial charge is 0.336 e. The van der Waals surface area contributed by atoms with Gasteiger partial charge in [-0.1, -0.05) is 20.3 Å². The van der Waals surface area contributed by atoms with E-state index in [1.807, 2.05) is 16.7 Å². The van der Waals surface area contributed by atoms with E-state index in [1.165, 1.54) is 18.4 Å². The van der Waals surface area contributed by atoms with E-state index in [0.29, 0.717) is 22.7 Å². The highest BCUT2D eigenvalue weighted by atomic mass is 32.2. The van der Waals surface area contributed by atoms with Crippen LogP contribution in [-0.2, 0) is 29.6 Å². The van der Waals surface area contributed by atoms with Crippen LogP contribution in [-0.4, -0.2) is 36.4 Å². The third kappa shape index (κ3) is 4.58. The van der Waals surface area contributed by atoms with Crippen LogP contribution in [0.15, 0.2) is 56.6 Å². The molecule has 0 aliphatic rings. The van der Waals surface area contributed by atoms with Gasteiger partial charge in [-0.05, 0) is 48.7 Å². The number of rotatable bonds is 9. The molecule has 34 heavy (non-hydrogen) atoms. The van der Waals surface area contributed by atoms with Crippen LogP contribution in [0, 0.1) is 0 Å². The van der Waals surface area contributed by atoms with Crippen molar-refractivity contribution in [3.05, 3.63) is 64.3 Å². The van der Waals surface area contributed by atoms with Gasteiger partial charge in [-0.3, -0.25) is 0 Å². The number of hydrogen-bond donors (Lipinski definition) is 0. The van der Waals surface area contributed by atoms with E-state index < -0.39 is 10.0 Å².